The molecule has 148 valence electrons. The highest BCUT2D eigenvalue weighted by molar-refractivity contribution is 7.13. The molecule has 10 heteroatoms. The summed E-state index contributed by atoms with van der Waals surface area (Å²) >= 11 is 1.50. The van der Waals surface area contributed by atoms with Crippen LogP contribution in [0.1, 0.15) is 23.7 Å². The summed E-state index contributed by atoms with van der Waals surface area (Å²) in [6, 6.07) is 4.88. The number of nitro benzene ring substituents is 1. The fourth-order valence-electron chi connectivity index (χ4n) is 2.79. The highest BCUT2D eigenvalue weighted by Gasteiger charge is 2.16. The molecule has 3 rings (SSSR count). The predicted molar refractivity (Wildman–Crippen MR) is 107 cm³/mol. The van der Waals surface area contributed by atoms with E-state index < -0.39 is 4.92 Å². The van der Waals surface area contributed by atoms with Crippen molar-refractivity contribution in [3.05, 3.63) is 50.5 Å². The fraction of sp³-hybridized carbons (Fsp3) is 0.389. The topological polar surface area (TPSA) is 110 Å². The van der Waals surface area contributed by atoms with Gasteiger partial charge in [0.1, 0.15) is 0 Å². The number of hydrogen-bond acceptors (Lipinski definition) is 8. The Bertz CT molecular complexity index is 877. The van der Waals surface area contributed by atoms with Gasteiger partial charge in [0, 0.05) is 35.7 Å². The number of nitro groups is 1. The van der Waals surface area contributed by atoms with E-state index in [1.54, 1.807) is 12.1 Å². The van der Waals surface area contributed by atoms with E-state index in [2.05, 4.69) is 20.4 Å². The van der Waals surface area contributed by atoms with Crippen LogP contribution < -0.4 is 10.3 Å². The number of carbonyl (C=O) groups is 1. The number of rotatable bonds is 7. The number of amides is 1. The Hall–Kier alpha value is -2.85. The highest BCUT2D eigenvalue weighted by Crippen LogP contribution is 2.22. The van der Waals surface area contributed by atoms with Crippen LogP contribution in [-0.2, 0) is 22.4 Å². The van der Waals surface area contributed by atoms with Gasteiger partial charge in [-0.2, -0.15) is 5.10 Å². The lowest BCUT2D eigenvalue weighted by Gasteiger charge is -2.26. The summed E-state index contributed by atoms with van der Waals surface area (Å²) in [6.45, 7) is 4.82. The number of aryl methyl sites for hydroxylation is 1. The molecule has 0 radical (unpaired) electrons. The summed E-state index contributed by atoms with van der Waals surface area (Å²) in [5, 5.41) is 17.8. The van der Waals surface area contributed by atoms with Gasteiger partial charge in [-0.25, -0.2) is 10.4 Å². The van der Waals surface area contributed by atoms with Crippen molar-refractivity contribution >= 4 is 34.3 Å². The Morgan fingerprint density at radius 1 is 1.46 bits per heavy atom. The predicted octanol–water partition coefficient (Wildman–Crippen LogP) is 2.14. The number of thiazole rings is 1. The maximum absolute atomic E-state index is 12.1. The first-order valence-electron chi connectivity index (χ1n) is 8.93. The second-order valence-corrected chi connectivity index (χ2v) is 7.03. The van der Waals surface area contributed by atoms with Crippen LogP contribution in [0, 0.1) is 10.1 Å². The van der Waals surface area contributed by atoms with Crippen LogP contribution in [0.15, 0.2) is 28.7 Å². The number of carbonyl (C=O) groups excluding carboxylic acids is 1. The maximum atomic E-state index is 12.1. The molecular formula is C18H21N5O4S. The zero-order valence-corrected chi connectivity index (χ0v) is 16.3. The van der Waals surface area contributed by atoms with Gasteiger partial charge < -0.3 is 9.64 Å². The van der Waals surface area contributed by atoms with E-state index in [-0.39, 0.29) is 18.0 Å². The van der Waals surface area contributed by atoms with Crippen molar-refractivity contribution in [1.82, 2.24) is 10.4 Å². The molecule has 1 fully saturated rings. The Labute approximate surface area is 166 Å². The van der Waals surface area contributed by atoms with Gasteiger partial charge in [0.05, 0.1) is 36.5 Å². The van der Waals surface area contributed by atoms with E-state index in [4.69, 9.17) is 4.74 Å². The molecule has 1 aromatic heterocycles. The lowest BCUT2D eigenvalue weighted by molar-refractivity contribution is -0.385. The van der Waals surface area contributed by atoms with Gasteiger partial charge in [-0.15, -0.1) is 11.3 Å². The van der Waals surface area contributed by atoms with Gasteiger partial charge in [-0.3, -0.25) is 14.9 Å². The van der Waals surface area contributed by atoms with Gasteiger partial charge in [0.25, 0.3) is 5.69 Å². The summed E-state index contributed by atoms with van der Waals surface area (Å²) in [5.41, 5.74) is 4.38. The van der Waals surface area contributed by atoms with Crippen LogP contribution in [0.2, 0.25) is 0 Å². The first-order chi connectivity index (χ1) is 13.6. The third kappa shape index (κ3) is 5.11. The molecule has 0 saturated carbocycles. The summed E-state index contributed by atoms with van der Waals surface area (Å²) in [4.78, 5) is 29.4. The van der Waals surface area contributed by atoms with Crippen LogP contribution in [-0.4, -0.2) is 48.3 Å². The first kappa shape index (κ1) is 19.9. The second-order valence-electron chi connectivity index (χ2n) is 6.19. The summed E-state index contributed by atoms with van der Waals surface area (Å²) < 4.78 is 5.32. The van der Waals surface area contributed by atoms with Crippen molar-refractivity contribution in [3.63, 3.8) is 0 Å². The van der Waals surface area contributed by atoms with Gasteiger partial charge >= 0.3 is 0 Å². The molecule has 9 nitrogen and oxygen atoms in total. The quantitative estimate of drug-likeness (QED) is 0.431. The largest absolute Gasteiger partial charge is 0.378 e. The molecule has 1 amide bonds. The van der Waals surface area contributed by atoms with Gasteiger partial charge in [-0.05, 0) is 6.42 Å². The molecule has 2 heterocycles. The van der Waals surface area contributed by atoms with Crippen molar-refractivity contribution in [2.45, 2.75) is 19.8 Å². The van der Waals surface area contributed by atoms with E-state index in [9.17, 15) is 14.9 Å². The monoisotopic (exact) mass is 403 g/mol. The van der Waals surface area contributed by atoms with E-state index >= 15 is 0 Å². The number of anilines is 1. The van der Waals surface area contributed by atoms with Crippen LogP contribution in [0.5, 0.6) is 0 Å². The summed E-state index contributed by atoms with van der Waals surface area (Å²) in [5.74, 6) is -0.297. The molecule has 28 heavy (non-hydrogen) atoms. The van der Waals surface area contributed by atoms with E-state index in [1.807, 2.05) is 12.3 Å². The van der Waals surface area contributed by atoms with Crippen LogP contribution in [0.25, 0.3) is 0 Å². The standard InChI is InChI=1S/C18H21N5O4S/c1-2-14-4-3-13(9-16(14)23(25)26)11-19-21-17(24)10-15-12-28-18(20-15)22-5-7-27-8-6-22/h3-4,9,11-12H,2,5-8,10H2,1H3,(H,21,24)/b19-11-. The molecule has 0 bridgehead atoms. The SMILES string of the molecule is CCc1ccc(/C=N\NC(=O)Cc2csc(N3CCOCC3)n2)cc1[N+](=O)[O-]. The second kappa shape index (κ2) is 9.38. The number of nitrogens with one attached hydrogen (secondary N) is 1. The number of ether oxygens (including phenoxy) is 1. The van der Waals surface area contributed by atoms with Crippen molar-refractivity contribution < 1.29 is 14.5 Å². The van der Waals surface area contributed by atoms with Crippen LogP contribution in [0.4, 0.5) is 10.8 Å². The van der Waals surface area contributed by atoms with Crippen molar-refractivity contribution in [3.8, 4) is 0 Å². The number of morpholine rings is 1. The van der Waals surface area contributed by atoms with Crippen LogP contribution >= 0.6 is 11.3 Å². The van der Waals surface area contributed by atoms with Gasteiger partial charge in [0.15, 0.2) is 5.13 Å². The normalized spacial score (nSPS) is 14.4. The fourth-order valence-corrected chi connectivity index (χ4v) is 3.67. The Balaban J connectivity index is 1.55. The molecule has 1 aliphatic rings. The summed E-state index contributed by atoms with van der Waals surface area (Å²) in [6.07, 6.45) is 2.09. The Kier molecular flexibility index (Phi) is 6.66. The lowest BCUT2D eigenvalue weighted by atomic mass is 10.1. The number of aromatic nitrogens is 1. The van der Waals surface area contributed by atoms with Crippen molar-refractivity contribution in [2.75, 3.05) is 31.2 Å². The molecule has 0 aliphatic carbocycles. The first-order valence-corrected chi connectivity index (χ1v) is 9.81. The number of nitrogens with zero attached hydrogens (tertiary/aromatic N) is 4. The third-order valence-electron chi connectivity index (χ3n) is 4.25. The minimum Gasteiger partial charge on any atom is -0.378 e. The van der Waals surface area contributed by atoms with Crippen LogP contribution in [0.3, 0.4) is 0 Å². The molecule has 2 aromatic rings. The molecule has 1 saturated heterocycles. The number of hydrogen-bond donors (Lipinski definition) is 1. The average molecular weight is 403 g/mol. The highest BCUT2D eigenvalue weighted by atomic mass is 32.1. The Morgan fingerprint density at radius 2 is 2.25 bits per heavy atom. The summed E-state index contributed by atoms with van der Waals surface area (Å²) in [7, 11) is 0. The van der Waals surface area contributed by atoms with Crippen molar-refractivity contribution in [1.29, 1.82) is 0 Å². The molecule has 1 aliphatic heterocycles. The molecule has 1 aromatic carbocycles. The van der Waals surface area contributed by atoms with Gasteiger partial charge in [-0.1, -0.05) is 19.1 Å². The van der Waals surface area contributed by atoms with Crippen molar-refractivity contribution in [2.24, 2.45) is 5.10 Å². The average Bonchev–Trinajstić information content (AvgIpc) is 3.17. The minimum absolute atomic E-state index is 0.0518. The lowest BCUT2D eigenvalue weighted by Crippen LogP contribution is -2.36. The minimum atomic E-state index is -0.414. The molecule has 1 N–H and O–H groups in total. The van der Waals surface area contributed by atoms with E-state index in [1.165, 1.54) is 23.6 Å². The molecule has 0 unspecified atom stereocenters. The number of benzene rings is 1. The van der Waals surface area contributed by atoms with E-state index in [0.717, 1.165) is 18.2 Å². The third-order valence-corrected chi connectivity index (χ3v) is 5.20. The maximum Gasteiger partial charge on any atom is 0.273 e. The number of hydrazone groups is 1. The molecular weight excluding hydrogens is 382 g/mol. The molecule has 0 atom stereocenters. The molecule has 0 spiro atoms. The van der Waals surface area contributed by atoms with E-state index in [0.29, 0.717) is 36.5 Å². The smallest absolute Gasteiger partial charge is 0.273 e. The zero-order chi connectivity index (χ0) is 19.9. The zero-order valence-electron chi connectivity index (χ0n) is 15.5. The Morgan fingerprint density at radius 3 is 2.96 bits per heavy atom. The van der Waals surface area contributed by atoms with Gasteiger partial charge in [0.2, 0.25) is 5.91 Å².